The largest absolute Gasteiger partial charge is 0.497 e. The highest BCUT2D eigenvalue weighted by Gasteiger charge is 2.18. The average Bonchev–Trinajstić information content (AvgIpc) is 2.69. The lowest BCUT2D eigenvalue weighted by Crippen LogP contribution is -2.26. The summed E-state index contributed by atoms with van der Waals surface area (Å²) in [6.07, 6.45) is 0. The van der Waals surface area contributed by atoms with Crippen molar-refractivity contribution in [2.24, 2.45) is 0 Å². The molecule has 138 valence electrons. The standard InChI is InChI=1S/C19H16FN3O4/c1-26-13-9-7-12(8-10-13)23-17(27-2)11-16(24)18(22-23)19(25)21-15-6-4-3-5-14(15)20/h3-11H,1-2H3,(H,21,25). The number of hydrogen-bond acceptors (Lipinski definition) is 5. The third kappa shape index (κ3) is 3.79. The third-order valence-corrected chi connectivity index (χ3v) is 3.76. The van der Waals surface area contributed by atoms with Crippen LogP contribution in [-0.2, 0) is 0 Å². The molecule has 0 fully saturated rings. The molecule has 1 heterocycles. The lowest BCUT2D eigenvalue weighted by Gasteiger charge is -2.13. The molecule has 8 heteroatoms. The van der Waals surface area contributed by atoms with Gasteiger partial charge in [0.05, 0.1) is 31.7 Å². The van der Waals surface area contributed by atoms with Crippen molar-refractivity contribution < 1.29 is 18.7 Å². The van der Waals surface area contributed by atoms with Gasteiger partial charge in [-0.2, -0.15) is 5.10 Å². The molecule has 0 aliphatic carbocycles. The number of carbonyl (C=O) groups excluding carboxylic acids is 1. The Kier molecular flexibility index (Phi) is 5.16. The zero-order valence-electron chi connectivity index (χ0n) is 14.6. The highest BCUT2D eigenvalue weighted by atomic mass is 19.1. The molecule has 7 nitrogen and oxygen atoms in total. The summed E-state index contributed by atoms with van der Waals surface area (Å²) in [5, 5.41) is 6.45. The molecule has 0 aliphatic rings. The molecule has 3 rings (SSSR count). The summed E-state index contributed by atoms with van der Waals surface area (Å²) in [6, 6.07) is 13.6. The van der Waals surface area contributed by atoms with Crippen molar-refractivity contribution in [1.82, 2.24) is 9.78 Å². The number of benzene rings is 2. The van der Waals surface area contributed by atoms with Crippen LogP contribution in [0, 0.1) is 5.82 Å². The van der Waals surface area contributed by atoms with Crippen LogP contribution < -0.4 is 20.2 Å². The number of ether oxygens (including phenoxy) is 2. The van der Waals surface area contributed by atoms with E-state index in [1.54, 1.807) is 37.4 Å². The first-order chi connectivity index (χ1) is 13.0. The van der Waals surface area contributed by atoms with Crippen molar-refractivity contribution >= 4 is 11.6 Å². The lowest BCUT2D eigenvalue weighted by atomic mass is 10.2. The highest BCUT2D eigenvalue weighted by Crippen LogP contribution is 2.19. The SMILES string of the molecule is COc1ccc(-n2nc(C(=O)Nc3ccccc3F)c(=O)cc2OC)cc1. The molecular formula is C19H16FN3O4. The number of carbonyl (C=O) groups is 1. The second-order valence-corrected chi connectivity index (χ2v) is 5.44. The van der Waals surface area contributed by atoms with Gasteiger partial charge in [-0.25, -0.2) is 9.07 Å². The van der Waals surface area contributed by atoms with Gasteiger partial charge in [0, 0.05) is 0 Å². The molecule has 1 aromatic heterocycles. The molecular weight excluding hydrogens is 353 g/mol. The molecule has 0 aliphatic heterocycles. The third-order valence-electron chi connectivity index (χ3n) is 3.76. The summed E-state index contributed by atoms with van der Waals surface area (Å²) in [5.41, 5.74) is -0.538. The highest BCUT2D eigenvalue weighted by molar-refractivity contribution is 6.02. The number of nitrogens with zero attached hydrogens (tertiary/aromatic N) is 2. The zero-order chi connectivity index (χ0) is 19.4. The van der Waals surface area contributed by atoms with E-state index in [4.69, 9.17) is 9.47 Å². The van der Waals surface area contributed by atoms with Crippen LogP contribution in [0.25, 0.3) is 5.69 Å². The predicted octanol–water partition coefficient (Wildman–Crippen LogP) is 2.64. The minimum absolute atomic E-state index is 0.0458. The summed E-state index contributed by atoms with van der Waals surface area (Å²) in [5.74, 6) is -0.659. The molecule has 1 N–H and O–H groups in total. The Hall–Kier alpha value is -3.68. The molecule has 3 aromatic rings. The van der Waals surface area contributed by atoms with Gasteiger partial charge >= 0.3 is 0 Å². The smallest absolute Gasteiger partial charge is 0.280 e. The minimum Gasteiger partial charge on any atom is -0.497 e. The monoisotopic (exact) mass is 369 g/mol. The zero-order valence-corrected chi connectivity index (χ0v) is 14.6. The maximum absolute atomic E-state index is 13.8. The molecule has 0 saturated heterocycles. The van der Waals surface area contributed by atoms with Gasteiger partial charge in [0.15, 0.2) is 5.69 Å². The second kappa shape index (κ2) is 7.69. The Morgan fingerprint density at radius 3 is 2.41 bits per heavy atom. The fourth-order valence-electron chi connectivity index (χ4n) is 2.40. The van der Waals surface area contributed by atoms with Gasteiger partial charge in [0.2, 0.25) is 11.3 Å². The molecule has 27 heavy (non-hydrogen) atoms. The van der Waals surface area contributed by atoms with Gasteiger partial charge < -0.3 is 14.8 Å². The van der Waals surface area contributed by atoms with Gasteiger partial charge in [-0.05, 0) is 36.4 Å². The first-order valence-electron chi connectivity index (χ1n) is 7.92. The van der Waals surface area contributed by atoms with E-state index >= 15 is 0 Å². The molecule has 0 atom stereocenters. The van der Waals surface area contributed by atoms with Crippen molar-refractivity contribution in [3.8, 4) is 17.3 Å². The predicted molar refractivity (Wildman–Crippen MR) is 97.3 cm³/mol. The summed E-state index contributed by atoms with van der Waals surface area (Å²) in [6.45, 7) is 0. The van der Waals surface area contributed by atoms with E-state index in [9.17, 15) is 14.0 Å². The number of amides is 1. The number of nitrogens with one attached hydrogen (secondary N) is 1. The average molecular weight is 369 g/mol. The maximum atomic E-state index is 13.8. The number of rotatable bonds is 5. The van der Waals surface area contributed by atoms with Crippen LogP contribution >= 0.6 is 0 Å². The van der Waals surface area contributed by atoms with E-state index in [1.807, 2.05) is 0 Å². The van der Waals surface area contributed by atoms with Crippen LogP contribution in [0.2, 0.25) is 0 Å². The first kappa shape index (κ1) is 18.1. The van der Waals surface area contributed by atoms with E-state index in [0.717, 1.165) is 6.07 Å². The molecule has 0 spiro atoms. The molecule has 0 bridgehead atoms. The number of methoxy groups -OCH3 is 2. The number of halogens is 1. The Bertz CT molecular complexity index is 1030. The topological polar surface area (TPSA) is 82.5 Å². The summed E-state index contributed by atoms with van der Waals surface area (Å²) < 4.78 is 25.3. The second-order valence-electron chi connectivity index (χ2n) is 5.44. The molecule has 2 aromatic carbocycles. The molecule has 0 saturated carbocycles. The van der Waals surface area contributed by atoms with Crippen molar-refractivity contribution in [2.75, 3.05) is 19.5 Å². The van der Waals surface area contributed by atoms with Gasteiger partial charge in [-0.15, -0.1) is 0 Å². The van der Waals surface area contributed by atoms with Gasteiger partial charge in [-0.1, -0.05) is 12.1 Å². The van der Waals surface area contributed by atoms with Crippen molar-refractivity contribution in [3.05, 3.63) is 76.3 Å². The van der Waals surface area contributed by atoms with Crippen LogP contribution in [0.15, 0.2) is 59.4 Å². The van der Waals surface area contributed by atoms with E-state index in [2.05, 4.69) is 10.4 Å². The summed E-state index contributed by atoms with van der Waals surface area (Å²) in [7, 11) is 2.92. The number of aromatic nitrogens is 2. The van der Waals surface area contributed by atoms with Crippen LogP contribution in [-0.4, -0.2) is 29.9 Å². The van der Waals surface area contributed by atoms with E-state index in [1.165, 1.54) is 30.0 Å². The maximum Gasteiger partial charge on any atom is 0.280 e. The van der Waals surface area contributed by atoms with Crippen molar-refractivity contribution in [2.45, 2.75) is 0 Å². The number of anilines is 1. The Labute approximate surface area is 154 Å². The van der Waals surface area contributed by atoms with Crippen molar-refractivity contribution in [3.63, 3.8) is 0 Å². The number of para-hydroxylation sites is 1. The normalized spacial score (nSPS) is 10.3. The van der Waals surface area contributed by atoms with Gasteiger partial charge in [0.1, 0.15) is 11.6 Å². The fourth-order valence-corrected chi connectivity index (χ4v) is 2.40. The minimum atomic E-state index is -0.824. The van der Waals surface area contributed by atoms with Gasteiger partial charge in [-0.3, -0.25) is 9.59 Å². The van der Waals surface area contributed by atoms with Crippen molar-refractivity contribution in [1.29, 1.82) is 0 Å². The molecule has 0 unspecified atom stereocenters. The number of hydrogen-bond donors (Lipinski definition) is 1. The van der Waals surface area contributed by atoms with E-state index in [0.29, 0.717) is 11.4 Å². The van der Waals surface area contributed by atoms with Crippen LogP contribution in [0.3, 0.4) is 0 Å². The summed E-state index contributed by atoms with van der Waals surface area (Å²) >= 11 is 0. The van der Waals surface area contributed by atoms with Crippen LogP contribution in [0.1, 0.15) is 10.5 Å². The van der Waals surface area contributed by atoms with Gasteiger partial charge in [0.25, 0.3) is 5.91 Å². The summed E-state index contributed by atoms with van der Waals surface area (Å²) in [4.78, 5) is 24.7. The first-order valence-corrected chi connectivity index (χ1v) is 7.92. The van der Waals surface area contributed by atoms with Crippen LogP contribution in [0.4, 0.5) is 10.1 Å². The Morgan fingerprint density at radius 2 is 1.78 bits per heavy atom. The Morgan fingerprint density at radius 1 is 1.07 bits per heavy atom. The lowest BCUT2D eigenvalue weighted by molar-refractivity contribution is 0.101. The van der Waals surface area contributed by atoms with E-state index in [-0.39, 0.29) is 11.6 Å². The fraction of sp³-hybridized carbons (Fsp3) is 0.105. The molecule has 1 amide bonds. The van der Waals surface area contributed by atoms with Crippen LogP contribution in [0.5, 0.6) is 11.6 Å². The molecule has 0 radical (unpaired) electrons. The quantitative estimate of drug-likeness (QED) is 0.748. The van der Waals surface area contributed by atoms with E-state index < -0.39 is 22.8 Å². The Balaban J connectivity index is 2.02.